The van der Waals surface area contributed by atoms with Gasteiger partial charge in [-0.25, -0.2) is 0 Å². The molecule has 23 heavy (non-hydrogen) atoms. The van der Waals surface area contributed by atoms with Crippen molar-refractivity contribution < 1.29 is 9.53 Å². The number of methoxy groups -OCH3 is 1. The van der Waals surface area contributed by atoms with Crippen LogP contribution >= 0.6 is 0 Å². The summed E-state index contributed by atoms with van der Waals surface area (Å²) in [6.07, 6.45) is 0. The summed E-state index contributed by atoms with van der Waals surface area (Å²) in [6.45, 7) is 8.06. The lowest BCUT2D eigenvalue weighted by molar-refractivity contribution is 0.0283. The molecule has 5 nitrogen and oxygen atoms in total. The molecule has 1 aromatic rings. The van der Waals surface area contributed by atoms with Crippen molar-refractivity contribution in [3.8, 4) is 5.75 Å². The second kappa shape index (κ2) is 7.79. The largest absolute Gasteiger partial charge is 0.497 e. The quantitative estimate of drug-likeness (QED) is 0.829. The topological polar surface area (TPSA) is 36.0 Å². The first kappa shape index (κ1) is 17.8. The minimum absolute atomic E-state index is 0.110. The lowest BCUT2D eigenvalue weighted by Crippen LogP contribution is -2.59. The second-order valence-electron chi connectivity index (χ2n) is 6.68. The molecular weight excluding hydrogens is 290 g/mol. The van der Waals surface area contributed by atoms with E-state index in [1.165, 1.54) is 0 Å². The Balaban J connectivity index is 2.00. The standard InChI is InChI=1S/C18H29N3O2/c1-14-12-20(13-15(2)21(14)11-10-19(3)4)18(22)16-6-8-17(23-5)9-7-16/h6-9,14-15H,10-13H2,1-5H3. The lowest BCUT2D eigenvalue weighted by Gasteiger charge is -2.44. The van der Waals surface area contributed by atoms with Crippen molar-refractivity contribution in [3.05, 3.63) is 29.8 Å². The Bertz CT molecular complexity index is 504. The SMILES string of the molecule is COc1ccc(C(=O)N2CC(C)N(CCN(C)C)C(C)C2)cc1. The molecule has 5 heteroatoms. The third kappa shape index (κ3) is 4.45. The van der Waals surface area contributed by atoms with E-state index in [0.717, 1.165) is 37.5 Å². The van der Waals surface area contributed by atoms with Gasteiger partial charge in [-0.15, -0.1) is 0 Å². The Morgan fingerprint density at radius 1 is 1.17 bits per heavy atom. The third-order valence-corrected chi connectivity index (χ3v) is 4.53. The molecular formula is C18H29N3O2. The number of amides is 1. The maximum Gasteiger partial charge on any atom is 0.253 e. The van der Waals surface area contributed by atoms with Crippen LogP contribution in [-0.2, 0) is 0 Å². The summed E-state index contributed by atoms with van der Waals surface area (Å²) >= 11 is 0. The van der Waals surface area contributed by atoms with Crippen LogP contribution in [0.15, 0.2) is 24.3 Å². The zero-order valence-electron chi connectivity index (χ0n) is 15.0. The average molecular weight is 319 g/mol. The summed E-state index contributed by atoms with van der Waals surface area (Å²) in [7, 11) is 5.82. The van der Waals surface area contributed by atoms with Crippen LogP contribution in [0.5, 0.6) is 5.75 Å². The molecule has 1 aliphatic rings. The van der Waals surface area contributed by atoms with E-state index in [4.69, 9.17) is 4.74 Å². The Kier molecular flexibility index (Phi) is 6.02. The highest BCUT2D eigenvalue weighted by molar-refractivity contribution is 5.94. The predicted octanol–water partition coefficient (Wildman–Crippen LogP) is 1.79. The van der Waals surface area contributed by atoms with Gasteiger partial charge in [0, 0.05) is 43.8 Å². The van der Waals surface area contributed by atoms with Crippen molar-refractivity contribution in [2.75, 3.05) is 47.4 Å². The smallest absolute Gasteiger partial charge is 0.253 e. The Labute approximate surface area is 139 Å². The van der Waals surface area contributed by atoms with E-state index >= 15 is 0 Å². The molecule has 1 saturated heterocycles. The van der Waals surface area contributed by atoms with Gasteiger partial charge in [0.15, 0.2) is 0 Å². The van der Waals surface area contributed by atoms with Crippen molar-refractivity contribution in [3.63, 3.8) is 0 Å². The number of likely N-dealkylation sites (N-methyl/N-ethyl adjacent to an activating group) is 1. The molecule has 0 radical (unpaired) electrons. The summed E-state index contributed by atoms with van der Waals surface area (Å²) in [5.41, 5.74) is 0.729. The van der Waals surface area contributed by atoms with Gasteiger partial charge in [-0.1, -0.05) is 0 Å². The number of carbonyl (C=O) groups is 1. The fourth-order valence-electron chi connectivity index (χ4n) is 3.19. The van der Waals surface area contributed by atoms with Crippen LogP contribution in [0.25, 0.3) is 0 Å². The number of hydrogen-bond acceptors (Lipinski definition) is 4. The first-order valence-electron chi connectivity index (χ1n) is 8.26. The summed E-state index contributed by atoms with van der Waals surface area (Å²) in [6, 6.07) is 8.12. The number of piperazine rings is 1. The van der Waals surface area contributed by atoms with Crippen molar-refractivity contribution >= 4 is 5.91 Å². The molecule has 1 aromatic carbocycles. The zero-order chi connectivity index (χ0) is 17.0. The number of carbonyl (C=O) groups excluding carboxylic acids is 1. The molecule has 2 rings (SSSR count). The van der Waals surface area contributed by atoms with Gasteiger partial charge in [-0.3, -0.25) is 9.69 Å². The van der Waals surface area contributed by atoms with Crippen molar-refractivity contribution in [1.29, 1.82) is 0 Å². The summed E-state index contributed by atoms with van der Waals surface area (Å²) in [5.74, 6) is 0.885. The molecule has 1 amide bonds. The molecule has 0 bridgehead atoms. The summed E-state index contributed by atoms with van der Waals surface area (Å²) in [5, 5.41) is 0. The number of ether oxygens (including phenoxy) is 1. The third-order valence-electron chi connectivity index (χ3n) is 4.53. The highest BCUT2D eigenvalue weighted by Crippen LogP contribution is 2.19. The predicted molar refractivity (Wildman–Crippen MR) is 93.1 cm³/mol. The van der Waals surface area contributed by atoms with Crippen LogP contribution in [0.4, 0.5) is 0 Å². The number of nitrogens with zero attached hydrogens (tertiary/aromatic N) is 3. The van der Waals surface area contributed by atoms with Gasteiger partial charge in [-0.2, -0.15) is 0 Å². The van der Waals surface area contributed by atoms with Gasteiger partial charge in [0.2, 0.25) is 0 Å². The molecule has 0 saturated carbocycles. The van der Waals surface area contributed by atoms with Gasteiger partial charge >= 0.3 is 0 Å². The maximum absolute atomic E-state index is 12.7. The Morgan fingerprint density at radius 3 is 2.22 bits per heavy atom. The fourth-order valence-corrected chi connectivity index (χ4v) is 3.19. The van der Waals surface area contributed by atoms with Crippen LogP contribution < -0.4 is 4.74 Å². The van der Waals surface area contributed by atoms with E-state index in [1.54, 1.807) is 7.11 Å². The molecule has 1 aliphatic heterocycles. The van der Waals surface area contributed by atoms with E-state index in [-0.39, 0.29) is 5.91 Å². The molecule has 128 valence electrons. The average Bonchev–Trinajstić information content (AvgIpc) is 2.53. The molecule has 0 aromatic heterocycles. The number of benzene rings is 1. The van der Waals surface area contributed by atoms with Crippen LogP contribution in [-0.4, -0.2) is 80.1 Å². The van der Waals surface area contributed by atoms with Crippen molar-refractivity contribution in [2.24, 2.45) is 0 Å². The van der Waals surface area contributed by atoms with E-state index in [1.807, 2.05) is 29.2 Å². The monoisotopic (exact) mass is 319 g/mol. The normalized spacial score (nSPS) is 22.4. The number of hydrogen-bond donors (Lipinski definition) is 0. The molecule has 2 atom stereocenters. The minimum atomic E-state index is 0.110. The molecule has 0 spiro atoms. The number of rotatable bonds is 5. The highest BCUT2D eigenvalue weighted by atomic mass is 16.5. The first-order valence-corrected chi connectivity index (χ1v) is 8.26. The molecule has 0 aliphatic carbocycles. The zero-order valence-corrected chi connectivity index (χ0v) is 15.0. The minimum Gasteiger partial charge on any atom is -0.497 e. The molecule has 1 heterocycles. The van der Waals surface area contributed by atoms with Crippen LogP contribution in [0, 0.1) is 0 Å². The van der Waals surface area contributed by atoms with Gasteiger partial charge in [0.05, 0.1) is 7.11 Å². The highest BCUT2D eigenvalue weighted by Gasteiger charge is 2.31. The summed E-state index contributed by atoms with van der Waals surface area (Å²) < 4.78 is 5.15. The second-order valence-corrected chi connectivity index (χ2v) is 6.68. The van der Waals surface area contributed by atoms with Crippen LogP contribution in [0.3, 0.4) is 0 Å². The first-order chi connectivity index (χ1) is 10.9. The van der Waals surface area contributed by atoms with Gasteiger partial charge in [0.25, 0.3) is 5.91 Å². The van der Waals surface area contributed by atoms with E-state index in [2.05, 4.69) is 37.7 Å². The van der Waals surface area contributed by atoms with Gasteiger partial charge in [-0.05, 0) is 52.2 Å². The van der Waals surface area contributed by atoms with E-state index in [0.29, 0.717) is 12.1 Å². The van der Waals surface area contributed by atoms with Gasteiger partial charge in [0.1, 0.15) is 5.75 Å². The fraction of sp³-hybridized carbons (Fsp3) is 0.611. The maximum atomic E-state index is 12.7. The lowest BCUT2D eigenvalue weighted by atomic mass is 10.1. The Morgan fingerprint density at radius 2 is 1.74 bits per heavy atom. The van der Waals surface area contributed by atoms with E-state index < -0.39 is 0 Å². The molecule has 2 unspecified atom stereocenters. The molecule has 1 fully saturated rings. The van der Waals surface area contributed by atoms with Crippen molar-refractivity contribution in [1.82, 2.24) is 14.7 Å². The molecule has 0 N–H and O–H groups in total. The Hall–Kier alpha value is -1.59. The van der Waals surface area contributed by atoms with Crippen LogP contribution in [0.1, 0.15) is 24.2 Å². The van der Waals surface area contributed by atoms with Gasteiger partial charge < -0.3 is 14.5 Å². The van der Waals surface area contributed by atoms with E-state index in [9.17, 15) is 4.79 Å². The summed E-state index contributed by atoms with van der Waals surface area (Å²) in [4.78, 5) is 19.4. The van der Waals surface area contributed by atoms with Crippen molar-refractivity contribution in [2.45, 2.75) is 25.9 Å². The van der Waals surface area contributed by atoms with Crippen LogP contribution in [0.2, 0.25) is 0 Å².